The number of nitro groups is 2. The fraction of sp³-hybridized carbons (Fsp3) is 0.533. The molecule has 7 nitrogen and oxygen atoms in total. The maximum atomic E-state index is 11.5. The molecule has 0 saturated heterocycles. The van der Waals surface area contributed by atoms with Gasteiger partial charge in [-0.1, -0.05) is 34.6 Å². The van der Waals surface area contributed by atoms with Crippen molar-refractivity contribution in [1.29, 1.82) is 0 Å². The first-order chi connectivity index (χ1) is 10.3. The third kappa shape index (κ3) is 4.25. The topological polar surface area (TPSA) is 103 Å². The summed E-state index contributed by atoms with van der Waals surface area (Å²) in [6.07, 6.45) is -0.188. The van der Waals surface area contributed by atoms with Crippen LogP contribution in [0.1, 0.15) is 45.7 Å². The van der Waals surface area contributed by atoms with Gasteiger partial charge in [-0.3, -0.25) is 25.0 Å². The van der Waals surface area contributed by atoms with Gasteiger partial charge in [-0.05, 0) is 29.0 Å². The summed E-state index contributed by atoms with van der Waals surface area (Å²) >= 11 is 5.51. The summed E-state index contributed by atoms with van der Waals surface area (Å²) in [4.78, 5) is 33.0. The first-order valence-electron chi connectivity index (χ1n) is 6.93. The molecule has 0 aliphatic carbocycles. The van der Waals surface area contributed by atoms with Crippen LogP contribution in [0.5, 0.6) is 0 Å². The van der Waals surface area contributed by atoms with Gasteiger partial charge in [0.15, 0.2) is 0 Å². The number of nitro benzene ring substituents is 2. The summed E-state index contributed by atoms with van der Waals surface area (Å²) in [7, 11) is 0. The van der Waals surface area contributed by atoms with Crippen molar-refractivity contribution in [3.8, 4) is 0 Å². The highest BCUT2D eigenvalue weighted by molar-refractivity contribution is 6.64. The highest BCUT2D eigenvalue weighted by Crippen LogP contribution is 2.39. The summed E-state index contributed by atoms with van der Waals surface area (Å²) in [5, 5.41) is 22.1. The second-order valence-corrected chi connectivity index (χ2v) is 7.43. The van der Waals surface area contributed by atoms with Crippen LogP contribution in [0.3, 0.4) is 0 Å². The molecule has 1 aromatic carbocycles. The number of benzene rings is 1. The van der Waals surface area contributed by atoms with Gasteiger partial charge in [0.1, 0.15) is 5.56 Å². The number of hydrogen-bond acceptors (Lipinski definition) is 5. The van der Waals surface area contributed by atoms with Crippen molar-refractivity contribution in [3.63, 3.8) is 0 Å². The van der Waals surface area contributed by atoms with E-state index in [1.807, 2.05) is 20.8 Å². The largest absolute Gasteiger partial charge is 0.281 e. The van der Waals surface area contributed by atoms with Crippen molar-refractivity contribution in [2.75, 3.05) is 0 Å². The van der Waals surface area contributed by atoms with Gasteiger partial charge in [-0.2, -0.15) is 0 Å². The average Bonchev–Trinajstić information content (AvgIpc) is 2.35. The van der Waals surface area contributed by atoms with E-state index in [0.717, 1.165) is 0 Å². The Morgan fingerprint density at radius 1 is 1.04 bits per heavy atom. The van der Waals surface area contributed by atoms with Gasteiger partial charge in [0, 0.05) is 17.5 Å². The molecule has 0 unspecified atom stereocenters. The van der Waals surface area contributed by atoms with Gasteiger partial charge >= 0.3 is 0 Å². The Balaban J connectivity index is 3.70. The van der Waals surface area contributed by atoms with Gasteiger partial charge in [-0.15, -0.1) is 0 Å². The van der Waals surface area contributed by atoms with Crippen molar-refractivity contribution in [2.24, 2.45) is 5.41 Å². The Morgan fingerprint density at radius 2 is 1.43 bits per heavy atom. The molecule has 1 rings (SSSR count). The van der Waals surface area contributed by atoms with Crippen LogP contribution in [0.2, 0.25) is 0 Å². The molecule has 0 saturated carbocycles. The number of rotatable bonds is 5. The van der Waals surface area contributed by atoms with Crippen LogP contribution < -0.4 is 0 Å². The van der Waals surface area contributed by atoms with Crippen molar-refractivity contribution in [3.05, 3.63) is 43.5 Å². The van der Waals surface area contributed by atoms with Crippen molar-refractivity contribution < 1.29 is 14.6 Å². The van der Waals surface area contributed by atoms with Crippen molar-refractivity contribution in [1.82, 2.24) is 0 Å². The predicted octanol–water partition coefficient (Wildman–Crippen LogP) is 4.13. The van der Waals surface area contributed by atoms with E-state index in [1.54, 1.807) is 0 Å². The molecule has 0 bridgehead atoms. The summed E-state index contributed by atoms with van der Waals surface area (Å²) in [6, 6.07) is 2.66. The van der Waals surface area contributed by atoms with E-state index in [9.17, 15) is 25.0 Å². The highest BCUT2D eigenvalue weighted by atomic mass is 35.5. The molecule has 0 aliphatic rings. The van der Waals surface area contributed by atoms with Crippen molar-refractivity contribution in [2.45, 2.75) is 46.5 Å². The molecule has 1 aromatic rings. The van der Waals surface area contributed by atoms with E-state index < -0.39 is 25.9 Å². The lowest BCUT2D eigenvalue weighted by Crippen LogP contribution is -2.24. The van der Waals surface area contributed by atoms with E-state index >= 15 is 0 Å². The summed E-state index contributed by atoms with van der Waals surface area (Å²) in [5.74, 6) is 0. The van der Waals surface area contributed by atoms with Crippen LogP contribution >= 0.6 is 11.6 Å². The minimum atomic E-state index is -1.15. The average molecular weight is 343 g/mol. The molecule has 0 aromatic heterocycles. The molecule has 0 atom stereocenters. The highest BCUT2D eigenvalue weighted by Gasteiger charge is 2.36. The lowest BCUT2D eigenvalue weighted by Gasteiger charge is -2.22. The van der Waals surface area contributed by atoms with Crippen LogP contribution in [0.4, 0.5) is 11.4 Å². The van der Waals surface area contributed by atoms with E-state index in [-0.39, 0.29) is 23.4 Å². The van der Waals surface area contributed by atoms with Crippen LogP contribution in [0.25, 0.3) is 0 Å². The summed E-state index contributed by atoms with van der Waals surface area (Å²) in [6.45, 7) is 8.41. The van der Waals surface area contributed by atoms with Crippen LogP contribution in [0, 0.1) is 25.6 Å². The number of carbonyl (C=O) groups is 1. The smallest absolute Gasteiger partial charge is 0.279 e. The monoisotopic (exact) mass is 342 g/mol. The van der Waals surface area contributed by atoms with Crippen LogP contribution in [-0.4, -0.2) is 15.1 Å². The van der Waals surface area contributed by atoms with E-state index in [0.29, 0.717) is 5.56 Å². The predicted molar refractivity (Wildman–Crippen MR) is 86.8 cm³/mol. The number of halogens is 1. The lowest BCUT2D eigenvalue weighted by molar-refractivity contribution is -0.395. The minimum Gasteiger partial charge on any atom is -0.281 e. The number of carbonyl (C=O) groups excluding carboxylic acids is 1. The molecule has 0 spiro atoms. The second kappa shape index (κ2) is 6.23. The molecule has 0 N–H and O–H groups in total. The Labute approximate surface area is 138 Å². The zero-order valence-electron chi connectivity index (χ0n) is 13.7. The molecule has 0 fully saturated rings. The first kappa shape index (κ1) is 19.0. The number of nitrogens with zero attached hydrogens (tertiary/aromatic N) is 2. The fourth-order valence-electron chi connectivity index (χ4n) is 2.09. The molecule has 0 aliphatic heterocycles. The fourth-order valence-corrected chi connectivity index (χ4v) is 2.16. The molecule has 23 heavy (non-hydrogen) atoms. The minimum absolute atomic E-state index is 0.0907. The zero-order chi connectivity index (χ0) is 18.2. The number of hydrogen-bond donors (Lipinski definition) is 0. The molecule has 0 heterocycles. The molecule has 126 valence electrons. The molecule has 8 heteroatoms. The van der Waals surface area contributed by atoms with Gasteiger partial charge in [0.05, 0.1) is 9.85 Å². The molecule has 0 radical (unpaired) electrons. The van der Waals surface area contributed by atoms with E-state index in [1.165, 1.54) is 26.0 Å². The zero-order valence-corrected chi connectivity index (χ0v) is 14.4. The van der Waals surface area contributed by atoms with E-state index in [4.69, 9.17) is 11.6 Å². The lowest BCUT2D eigenvalue weighted by atomic mass is 9.82. The third-order valence-electron chi connectivity index (χ3n) is 3.61. The van der Waals surface area contributed by atoms with Gasteiger partial charge in [0.2, 0.25) is 5.24 Å². The van der Waals surface area contributed by atoms with Gasteiger partial charge < -0.3 is 0 Å². The Morgan fingerprint density at radius 3 is 1.70 bits per heavy atom. The first-order valence-corrected chi connectivity index (χ1v) is 7.31. The second-order valence-electron chi connectivity index (χ2n) is 7.09. The standard InChI is InChI=1S/C15H19ClN2O5/c1-14(2,3)9-6-11(17(20)21)10(12(7-9)18(22)23)8-15(4,5)13(16)19/h6-7H,8H2,1-5H3. The van der Waals surface area contributed by atoms with E-state index in [2.05, 4.69) is 0 Å². The molecule has 0 amide bonds. The van der Waals surface area contributed by atoms with Crippen LogP contribution in [-0.2, 0) is 16.6 Å². The Bertz CT molecular complexity index is 642. The quantitative estimate of drug-likeness (QED) is 0.454. The third-order valence-corrected chi connectivity index (χ3v) is 4.12. The summed E-state index contributed by atoms with van der Waals surface area (Å²) < 4.78 is 0. The van der Waals surface area contributed by atoms with Gasteiger partial charge in [0.25, 0.3) is 11.4 Å². The Kier molecular flexibility index (Phi) is 5.16. The Hall–Kier alpha value is -2.02. The van der Waals surface area contributed by atoms with Crippen LogP contribution in [0.15, 0.2) is 12.1 Å². The molecular weight excluding hydrogens is 324 g/mol. The maximum Gasteiger partial charge on any atom is 0.279 e. The summed E-state index contributed by atoms with van der Waals surface area (Å²) in [5.41, 5.74) is -1.99. The van der Waals surface area contributed by atoms with Crippen molar-refractivity contribution >= 4 is 28.2 Å². The normalized spacial score (nSPS) is 12.1. The maximum absolute atomic E-state index is 11.5. The van der Waals surface area contributed by atoms with Gasteiger partial charge in [-0.25, -0.2) is 0 Å². The SMILES string of the molecule is CC(C)(Cc1c([N+](=O)[O-])cc(C(C)(C)C)cc1[N+](=O)[O-])C(=O)Cl. The molecular formula is C15H19ClN2O5.